The molecule has 2 heterocycles. The summed E-state index contributed by atoms with van der Waals surface area (Å²) in [5.41, 5.74) is 5.36. The van der Waals surface area contributed by atoms with Crippen LogP contribution in [0.4, 0.5) is 5.69 Å². The molecule has 2 aliphatic heterocycles. The van der Waals surface area contributed by atoms with Crippen molar-refractivity contribution in [2.45, 2.75) is 32.2 Å². The molecule has 3 aliphatic rings. The Morgan fingerprint density at radius 3 is 2.82 bits per heavy atom. The fraction of sp³-hybridized carbons (Fsp3) is 0.600. The number of hydrogen-bond donors (Lipinski definition) is 1. The first-order chi connectivity index (χ1) is 8.36. The average molecular weight is 228 g/mol. The van der Waals surface area contributed by atoms with Gasteiger partial charge in [0.25, 0.3) is 0 Å². The van der Waals surface area contributed by atoms with Gasteiger partial charge in [0.1, 0.15) is 0 Å². The lowest BCUT2D eigenvalue weighted by atomic mass is 9.63. The highest BCUT2D eigenvalue weighted by molar-refractivity contribution is 5.60. The first-order valence-corrected chi connectivity index (χ1v) is 6.93. The van der Waals surface area contributed by atoms with E-state index in [0.29, 0.717) is 0 Å². The van der Waals surface area contributed by atoms with Crippen molar-refractivity contribution in [2.75, 3.05) is 24.5 Å². The van der Waals surface area contributed by atoms with Crippen LogP contribution in [0.15, 0.2) is 18.2 Å². The van der Waals surface area contributed by atoms with Crippen LogP contribution in [0.25, 0.3) is 0 Å². The first kappa shape index (κ1) is 9.95. The molecule has 0 aromatic heterocycles. The summed E-state index contributed by atoms with van der Waals surface area (Å²) in [7, 11) is 0. The summed E-state index contributed by atoms with van der Waals surface area (Å²) >= 11 is 0. The van der Waals surface area contributed by atoms with Crippen LogP contribution < -0.4 is 10.2 Å². The van der Waals surface area contributed by atoms with Gasteiger partial charge in [0, 0.05) is 30.7 Å². The van der Waals surface area contributed by atoms with Gasteiger partial charge in [0.2, 0.25) is 0 Å². The van der Waals surface area contributed by atoms with E-state index in [4.69, 9.17) is 0 Å². The van der Waals surface area contributed by atoms with Gasteiger partial charge in [-0.15, -0.1) is 0 Å². The second-order valence-corrected chi connectivity index (χ2v) is 6.05. The molecule has 1 aliphatic carbocycles. The minimum Gasteiger partial charge on any atom is -0.370 e. The van der Waals surface area contributed by atoms with E-state index in [1.807, 2.05) is 0 Å². The van der Waals surface area contributed by atoms with E-state index in [0.717, 1.165) is 18.5 Å². The monoisotopic (exact) mass is 228 g/mol. The molecule has 90 valence electrons. The smallest absolute Gasteiger partial charge is 0.0415 e. The second-order valence-electron chi connectivity index (χ2n) is 6.05. The summed E-state index contributed by atoms with van der Waals surface area (Å²) in [6.07, 6.45) is 5.60. The van der Waals surface area contributed by atoms with E-state index >= 15 is 0 Å². The maximum atomic E-state index is 3.51. The van der Waals surface area contributed by atoms with Crippen molar-refractivity contribution in [3.05, 3.63) is 29.3 Å². The van der Waals surface area contributed by atoms with E-state index in [9.17, 15) is 0 Å². The van der Waals surface area contributed by atoms with Crippen LogP contribution in [0.2, 0.25) is 0 Å². The molecule has 1 saturated carbocycles. The highest BCUT2D eigenvalue weighted by atomic mass is 15.2. The van der Waals surface area contributed by atoms with Crippen LogP contribution in [0.5, 0.6) is 0 Å². The molecule has 17 heavy (non-hydrogen) atoms. The predicted molar refractivity (Wildman–Crippen MR) is 70.3 cm³/mol. The lowest BCUT2D eigenvalue weighted by Gasteiger charge is -2.57. The third-order valence-electron chi connectivity index (χ3n) is 4.93. The summed E-state index contributed by atoms with van der Waals surface area (Å²) in [5, 5.41) is 3.51. The van der Waals surface area contributed by atoms with Crippen LogP contribution in [0, 0.1) is 5.41 Å². The molecule has 2 heteroatoms. The molecular formula is C15H20N2. The Balaban J connectivity index is 1.61. The van der Waals surface area contributed by atoms with E-state index in [-0.39, 0.29) is 0 Å². The molecule has 0 amide bonds. The highest BCUT2D eigenvalue weighted by Gasteiger charge is 2.47. The number of fused-ring (bicyclic) bond motifs is 1. The molecule has 2 fully saturated rings. The van der Waals surface area contributed by atoms with Crippen molar-refractivity contribution in [1.82, 2.24) is 5.32 Å². The summed E-state index contributed by atoms with van der Waals surface area (Å²) in [4.78, 5) is 2.60. The molecule has 0 unspecified atom stereocenters. The van der Waals surface area contributed by atoms with Crippen LogP contribution in [-0.4, -0.2) is 19.6 Å². The molecule has 0 atom stereocenters. The van der Waals surface area contributed by atoms with Gasteiger partial charge in [0.15, 0.2) is 0 Å². The lowest BCUT2D eigenvalue weighted by molar-refractivity contribution is 0.0902. The van der Waals surface area contributed by atoms with Gasteiger partial charge in [-0.3, -0.25) is 0 Å². The summed E-state index contributed by atoms with van der Waals surface area (Å²) < 4.78 is 0. The second kappa shape index (κ2) is 3.49. The standard InChI is InChI=1S/C15H20N2/c1-3-12-5-8-16-9-13(12)14(4-1)17-10-15(11-17)6-2-7-15/h1,3-4,16H,2,5-11H2. The van der Waals surface area contributed by atoms with Crippen molar-refractivity contribution in [3.8, 4) is 0 Å². The molecule has 1 saturated heterocycles. The molecule has 1 aromatic rings. The molecule has 1 N–H and O–H groups in total. The van der Waals surface area contributed by atoms with Crippen LogP contribution in [0.3, 0.4) is 0 Å². The number of rotatable bonds is 1. The first-order valence-electron chi connectivity index (χ1n) is 6.93. The SMILES string of the molecule is c1cc2c(c(N3CC4(CCC4)C3)c1)CNCC2. The Morgan fingerprint density at radius 1 is 1.18 bits per heavy atom. The maximum absolute atomic E-state index is 3.51. The van der Waals surface area contributed by atoms with E-state index in [1.165, 1.54) is 44.5 Å². The lowest BCUT2D eigenvalue weighted by Crippen LogP contribution is -2.60. The Labute approximate surface area is 103 Å². The number of hydrogen-bond acceptors (Lipinski definition) is 2. The zero-order valence-corrected chi connectivity index (χ0v) is 10.3. The fourth-order valence-electron chi connectivity index (χ4n) is 3.72. The van der Waals surface area contributed by atoms with Gasteiger partial charge < -0.3 is 10.2 Å². The predicted octanol–water partition coefficient (Wildman–Crippen LogP) is 2.32. The third kappa shape index (κ3) is 1.43. The Morgan fingerprint density at radius 2 is 2.06 bits per heavy atom. The van der Waals surface area contributed by atoms with Crippen molar-refractivity contribution >= 4 is 5.69 Å². The summed E-state index contributed by atoms with van der Waals surface area (Å²) in [6, 6.07) is 6.86. The van der Waals surface area contributed by atoms with Crippen molar-refractivity contribution in [2.24, 2.45) is 5.41 Å². The largest absolute Gasteiger partial charge is 0.370 e. The molecular weight excluding hydrogens is 208 g/mol. The minimum absolute atomic E-state index is 0.727. The molecule has 1 spiro atoms. The fourth-order valence-corrected chi connectivity index (χ4v) is 3.72. The van der Waals surface area contributed by atoms with Gasteiger partial charge >= 0.3 is 0 Å². The Bertz CT molecular complexity index is 440. The normalized spacial score (nSPS) is 25.1. The highest BCUT2D eigenvalue weighted by Crippen LogP contribution is 2.50. The van der Waals surface area contributed by atoms with Gasteiger partial charge in [-0.25, -0.2) is 0 Å². The minimum atomic E-state index is 0.727. The molecule has 4 rings (SSSR count). The van der Waals surface area contributed by atoms with Gasteiger partial charge in [-0.05, 0) is 43.0 Å². The Hall–Kier alpha value is -1.02. The van der Waals surface area contributed by atoms with Crippen LogP contribution in [-0.2, 0) is 13.0 Å². The average Bonchev–Trinajstić information content (AvgIpc) is 2.26. The third-order valence-corrected chi connectivity index (χ3v) is 4.93. The number of benzene rings is 1. The zero-order valence-electron chi connectivity index (χ0n) is 10.3. The van der Waals surface area contributed by atoms with Crippen molar-refractivity contribution < 1.29 is 0 Å². The zero-order chi connectivity index (χ0) is 11.3. The number of nitrogens with one attached hydrogen (secondary N) is 1. The number of anilines is 1. The topological polar surface area (TPSA) is 15.3 Å². The van der Waals surface area contributed by atoms with E-state index in [1.54, 1.807) is 11.1 Å². The summed E-state index contributed by atoms with van der Waals surface area (Å²) in [6.45, 7) is 4.82. The Kier molecular flexibility index (Phi) is 2.04. The van der Waals surface area contributed by atoms with E-state index < -0.39 is 0 Å². The quantitative estimate of drug-likeness (QED) is 0.793. The molecule has 0 radical (unpaired) electrons. The van der Waals surface area contributed by atoms with E-state index in [2.05, 4.69) is 28.4 Å². The van der Waals surface area contributed by atoms with Crippen LogP contribution >= 0.6 is 0 Å². The van der Waals surface area contributed by atoms with Crippen LogP contribution in [0.1, 0.15) is 30.4 Å². The van der Waals surface area contributed by atoms with Gasteiger partial charge in [-0.1, -0.05) is 18.6 Å². The summed E-state index contributed by atoms with van der Waals surface area (Å²) in [5.74, 6) is 0. The van der Waals surface area contributed by atoms with Crippen molar-refractivity contribution in [1.29, 1.82) is 0 Å². The van der Waals surface area contributed by atoms with Gasteiger partial charge in [-0.2, -0.15) is 0 Å². The molecule has 2 nitrogen and oxygen atoms in total. The molecule has 1 aromatic carbocycles. The number of nitrogens with zero attached hydrogens (tertiary/aromatic N) is 1. The molecule has 0 bridgehead atoms. The van der Waals surface area contributed by atoms with Gasteiger partial charge in [0.05, 0.1) is 0 Å². The van der Waals surface area contributed by atoms with Crippen molar-refractivity contribution in [3.63, 3.8) is 0 Å². The maximum Gasteiger partial charge on any atom is 0.0415 e.